The van der Waals surface area contributed by atoms with Crippen LogP contribution in [0, 0.1) is 40.5 Å². The van der Waals surface area contributed by atoms with Crippen LogP contribution in [-0.4, -0.2) is 19.3 Å². The molecule has 0 aromatic heterocycles. The minimum Gasteiger partial charge on any atom is -0.311 e. The van der Waals surface area contributed by atoms with Gasteiger partial charge in [0.15, 0.2) is 0 Å². The van der Waals surface area contributed by atoms with E-state index in [1.807, 2.05) is 46.8 Å². The molecule has 1 N–H and O–H groups in total. The van der Waals surface area contributed by atoms with E-state index >= 15 is 0 Å². The van der Waals surface area contributed by atoms with Crippen LogP contribution in [0.5, 0.6) is 0 Å². The van der Waals surface area contributed by atoms with Crippen molar-refractivity contribution in [2.75, 3.05) is 13.2 Å². The zero-order valence-electron chi connectivity index (χ0n) is 32.2. The quantitative estimate of drug-likeness (QED) is 0.210. The fourth-order valence-corrected chi connectivity index (χ4v) is 4.91. The minimum atomic E-state index is -0.287. The van der Waals surface area contributed by atoms with Crippen LogP contribution >= 0.6 is 0 Å². The molecule has 1 atom stereocenters. The zero-order chi connectivity index (χ0) is 35.7. The topological polar surface area (TPSA) is 12.0 Å². The summed E-state index contributed by atoms with van der Waals surface area (Å²) in [6.07, 6.45) is 5.37. The summed E-state index contributed by atoms with van der Waals surface area (Å²) in [4.78, 5) is 0. The summed E-state index contributed by atoms with van der Waals surface area (Å²) in [5.41, 5.74) is 13.1. The van der Waals surface area contributed by atoms with Crippen molar-refractivity contribution in [2.45, 2.75) is 128 Å². The Balaban J connectivity index is 0. The fraction of sp³-hybridized carbons (Fsp3) is 0.500. The van der Waals surface area contributed by atoms with Crippen molar-refractivity contribution >= 4 is 11.1 Å². The van der Waals surface area contributed by atoms with E-state index in [-0.39, 0.29) is 6.67 Å². The van der Waals surface area contributed by atoms with Crippen molar-refractivity contribution in [1.29, 1.82) is 0 Å². The molecule has 46 heavy (non-hydrogen) atoms. The van der Waals surface area contributed by atoms with E-state index in [2.05, 4.69) is 122 Å². The summed E-state index contributed by atoms with van der Waals surface area (Å²) in [6, 6.07) is 21.9. The molecular weight excluding hydrogens is 561 g/mol. The standard InChI is InChI=1S/C21H34FN.C10H12.C9H12.2C2H6/c1-6-21(23-13-12-22)9-7-8-17(4)19-11-10-18(5)20(15-19)14-16(2)3;1-8(2)10-7-5-4-6-9(10)3;1-7-4-5-8(2)9(3)6-7;2*1-2/h10-11,15-16,21,23H,4,6-9,12-14H2,1-3,5H3;4-7H,1H2,2-3H3;4-6H,1-3H3;2*1-2H3. The molecule has 0 amide bonds. The molecule has 0 saturated carbocycles. The van der Waals surface area contributed by atoms with Gasteiger partial charge in [-0.1, -0.05) is 133 Å². The molecule has 0 aliphatic heterocycles. The van der Waals surface area contributed by atoms with E-state index in [0.29, 0.717) is 18.5 Å². The van der Waals surface area contributed by atoms with Crippen LogP contribution in [0.25, 0.3) is 11.1 Å². The van der Waals surface area contributed by atoms with Gasteiger partial charge in [-0.05, 0) is 124 Å². The largest absolute Gasteiger partial charge is 0.311 e. The van der Waals surface area contributed by atoms with E-state index < -0.39 is 0 Å². The molecule has 2 heteroatoms. The maximum absolute atomic E-state index is 12.2. The van der Waals surface area contributed by atoms with Crippen LogP contribution in [0.3, 0.4) is 0 Å². The van der Waals surface area contributed by atoms with Crippen molar-refractivity contribution < 1.29 is 4.39 Å². The van der Waals surface area contributed by atoms with Crippen molar-refractivity contribution in [3.05, 3.63) is 118 Å². The normalized spacial score (nSPS) is 10.5. The minimum absolute atomic E-state index is 0.287. The summed E-state index contributed by atoms with van der Waals surface area (Å²) in [7, 11) is 0. The monoisotopic (exact) mass is 632 g/mol. The molecule has 0 spiro atoms. The first-order valence-corrected chi connectivity index (χ1v) is 17.7. The maximum atomic E-state index is 12.2. The summed E-state index contributed by atoms with van der Waals surface area (Å²) >= 11 is 0. The van der Waals surface area contributed by atoms with E-state index in [4.69, 9.17) is 0 Å². The third-order valence-electron chi connectivity index (χ3n) is 7.70. The first-order chi connectivity index (χ1) is 21.9. The second-order valence-electron chi connectivity index (χ2n) is 12.2. The lowest BCUT2D eigenvalue weighted by molar-refractivity contribution is 0.405. The Bertz CT molecular complexity index is 1240. The Morgan fingerprint density at radius 1 is 0.783 bits per heavy atom. The first kappa shape index (κ1) is 45.2. The molecule has 3 aromatic carbocycles. The van der Waals surface area contributed by atoms with Crippen molar-refractivity contribution in [2.24, 2.45) is 5.92 Å². The average Bonchev–Trinajstić information content (AvgIpc) is 3.04. The molecule has 0 aliphatic rings. The number of rotatable bonds is 12. The molecule has 0 aliphatic carbocycles. The van der Waals surface area contributed by atoms with Gasteiger partial charge in [0.1, 0.15) is 6.67 Å². The molecule has 0 saturated heterocycles. The Morgan fingerprint density at radius 3 is 1.87 bits per heavy atom. The van der Waals surface area contributed by atoms with Crippen LogP contribution in [0.2, 0.25) is 0 Å². The summed E-state index contributed by atoms with van der Waals surface area (Å²) in [5, 5.41) is 3.27. The van der Waals surface area contributed by atoms with E-state index in [1.54, 1.807) is 0 Å². The smallest absolute Gasteiger partial charge is 0.102 e. The number of hydrogen-bond donors (Lipinski definition) is 1. The molecule has 3 aromatic rings. The van der Waals surface area contributed by atoms with Gasteiger partial charge in [-0.25, -0.2) is 4.39 Å². The number of hydrogen-bond acceptors (Lipinski definition) is 1. The van der Waals surface area contributed by atoms with Gasteiger partial charge in [0.25, 0.3) is 0 Å². The molecule has 0 bridgehead atoms. The van der Waals surface area contributed by atoms with Crippen LogP contribution in [0.15, 0.2) is 73.8 Å². The number of halogens is 1. The Morgan fingerprint density at radius 2 is 1.39 bits per heavy atom. The van der Waals surface area contributed by atoms with Crippen molar-refractivity contribution in [3.63, 3.8) is 0 Å². The molecule has 258 valence electrons. The van der Waals surface area contributed by atoms with Gasteiger partial charge in [0.2, 0.25) is 0 Å². The first-order valence-electron chi connectivity index (χ1n) is 17.7. The van der Waals surface area contributed by atoms with Crippen LogP contribution in [0.4, 0.5) is 4.39 Å². The number of aryl methyl sites for hydroxylation is 5. The molecule has 0 fully saturated rings. The lowest BCUT2D eigenvalue weighted by Crippen LogP contribution is -2.30. The number of allylic oxidation sites excluding steroid dienone is 2. The third-order valence-corrected chi connectivity index (χ3v) is 7.70. The summed E-state index contributed by atoms with van der Waals surface area (Å²) < 4.78 is 12.2. The third kappa shape index (κ3) is 19.5. The SMILES string of the molecule is C=C(C)c1ccccc1C.C=C(CCCC(CC)NCCF)c1ccc(C)c(CC(C)C)c1.CC.CC.Cc1ccc(C)c(C)c1. The van der Waals surface area contributed by atoms with Crippen LogP contribution in [0.1, 0.15) is 126 Å². The van der Waals surface area contributed by atoms with Crippen molar-refractivity contribution in [1.82, 2.24) is 5.32 Å². The van der Waals surface area contributed by atoms with Gasteiger partial charge in [0.05, 0.1) is 0 Å². The molecule has 1 unspecified atom stereocenters. The van der Waals surface area contributed by atoms with Gasteiger partial charge in [-0.3, -0.25) is 0 Å². The van der Waals surface area contributed by atoms with Gasteiger partial charge in [-0.15, -0.1) is 0 Å². The molecular formula is C44H70FN. The van der Waals surface area contributed by atoms with E-state index in [1.165, 1.54) is 50.1 Å². The van der Waals surface area contributed by atoms with Crippen LogP contribution in [-0.2, 0) is 6.42 Å². The lowest BCUT2D eigenvalue weighted by Gasteiger charge is -2.17. The lowest BCUT2D eigenvalue weighted by atomic mass is 9.93. The van der Waals surface area contributed by atoms with Gasteiger partial charge < -0.3 is 5.32 Å². The fourth-order valence-electron chi connectivity index (χ4n) is 4.91. The van der Waals surface area contributed by atoms with E-state index in [9.17, 15) is 4.39 Å². The highest BCUT2D eigenvalue weighted by Gasteiger charge is 2.08. The van der Waals surface area contributed by atoms with E-state index in [0.717, 1.165) is 37.7 Å². The predicted molar refractivity (Wildman–Crippen MR) is 210 cm³/mol. The van der Waals surface area contributed by atoms with Crippen molar-refractivity contribution in [3.8, 4) is 0 Å². The maximum Gasteiger partial charge on any atom is 0.102 e. The summed E-state index contributed by atoms with van der Waals surface area (Å²) in [6.45, 7) is 35.7. The van der Waals surface area contributed by atoms with Gasteiger partial charge >= 0.3 is 0 Å². The highest BCUT2D eigenvalue weighted by Crippen LogP contribution is 2.24. The molecule has 0 heterocycles. The highest BCUT2D eigenvalue weighted by atomic mass is 19.1. The zero-order valence-corrected chi connectivity index (χ0v) is 32.2. The molecule has 1 nitrogen and oxygen atoms in total. The Kier molecular flexibility index (Phi) is 26.7. The number of benzene rings is 3. The Hall–Kier alpha value is -2.97. The molecule has 3 rings (SSSR count). The Labute approximate surface area is 285 Å². The number of nitrogens with one attached hydrogen (secondary N) is 1. The second kappa shape index (κ2) is 27.2. The molecule has 0 radical (unpaired) electrons. The highest BCUT2D eigenvalue weighted by molar-refractivity contribution is 5.65. The van der Waals surface area contributed by atoms with Gasteiger partial charge in [-0.2, -0.15) is 0 Å². The predicted octanol–water partition coefficient (Wildman–Crippen LogP) is 13.4. The second-order valence-corrected chi connectivity index (χ2v) is 12.2. The average molecular weight is 632 g/mol. The number of alkyl halides is 1. The van der Waals surface area contributed by atoms with Crippen LogP contribution < -0.4 is 5.32 Å². The van der Waals surface area contributed by atoms with Gasteiger partial charge in [0, 0.05) is 12.6 Å². The summed E-state index contributed by atoms with van der Waals surface area (Å²) in [5.74, 6) is 0.670.